The van der Waals surface area contributed by atoms with Crippen LogP contribution in [0.3, 0.4) is 0 Å². The van der Waals surface area contributed by atoms with Crippen LogP contribution >= 0.6 is 0 Å². The van der Waals surface area contributed by atoms with Gasteiger partial charge in [0.1, 0.15) is 5.75 Å². The molecule has 1 aromatic carbocycles. The predicted molar refractivity (Wildman–Crippen MR) is 116 cm³/mol. The third kappa shape index (κ3) is 8.88. The summed E-state index contributed by atoms with van der Waals surface area (Å²) in [5, 5.41) is 0. The van der Waals surface area contributed by atoms with Gasteiger partial charge >= 0.3 is 0 Å². The van der Waals surface area contributed by atoms with Crippen LogP contribution in [-0.4, -0.2) is 6.61 Å². The SMILES string of the molecule is CCCCOc1ccc(C#C/C=C/C#C[C@H]2CC[C@H](CCCC)CC2)cc1. The molecule has 0 aromatic heterocycles. The molecule has 0 radical (unpaired) electrons. The molecule has 1 nitrogen and oxygen atoms in total. The number of unbranched alkanes of at least 4 members (excludes halogenated alkanes) is 2. The summed E-state index contributed by atoms with van der Waals surface area (Å²) < 4.78 is 5.66. The Hall–Kier alpha value is -2.12. The molecule has 0 bridgehead atoms. The van der Waals surface area contributed by atoms with E-state index in [1.54, 1.807) is 0 Å². The molecule has 1 aromatic rings. The van der Waals surface area contributed by atoms with Gasteiger partial charge in [-0.05, 0) is 74.4 Å². The van der Waals surface area contributed by atoms with Crippen LogP contribution in [0, 0.1) is 35.5 Å². The maximum Gasteiger partial charge on any atom is 0.119 e. The van der Waals surface area contributed by atoms with E-state index in [2.05, 4.69) is 37.5 Å². The number of benzene rings is 1. The van der Waals surface area contributed by atoms with E-state index in [9.17, 15) is 0 Å². The number of ether oxygens (including phenoxy) is 1. The van der Waals surface area contributed by atoms with Gasteiger partial charge in [0.25, 0.3) is 0 Å². The first-order valence-electron chi connectivity index (χ1n) is 10.7. The van der Waals surface area contributed by atoms with Crippen molar-refractivity contribution in [3.63, 3.8) is 0 Å². The molecule has 0 aliphatic heterocycles. The van der Waals surface area contributed by atoms with Crippen LogP contribution in [-0.2, 0) is 0 Å². The van der Waals surface area contributed by atoms with Crippen molar-refractivity contribution in [3.8, 4) is 29.4 Å². The van der Waals surface area contributed by atoms with Crippen molar-refractivity contribution < 1.29 is 4.74 Å². The van der Waals surface area contributed by atoms with Crippen molar-refractivity contribution in [2.75, 3.05) is 6.61 Å². The molecule has 1 aliphatic rings. The second kappa shape index (κ2) is 13.1. The van der Waals surface area contributed by atoms with Gasteiger partial charge in [-0.2, -0.15) is 0 Å². The summed E-state index contributed by atoms with van der Waals surface area (Å²) in [6.45, 7) is 5.23. The Morgan fingerprint density at radius 1 is 0.926 bits per heavy atom. The van der Waals surface area contributed by atoms with Gasteiger partial charge in [-0.15, -0.1) is 0 Å². The van der Waals surface area contributed by atoms with Crippen molar-refractivity contribution in [1.82, 2.24) is 0 Å². The first kappa shape index (κ1) is 21.2. The predicted octanol–water partition coefficient (Wildman–Crippen LogP) is 6.77. The molecule has 27 heavy (non-hydrogen) atoms. The zero-order valence-corrected chi connectivity index (χ0v) is 17.1. The minimum absolute atomic E-state index is 0.584. The van der Waals surface area contributed by atoms with Gasteiger partial charge in [-0.25, -0.2) is 0 Å². The van der Waals surface area contributed by atoms with E-state index in [1.165, 1.54) is 44.9 Å². The third-order valence-corrected chi connectivity index (χ3v) is 5.19. The van der Waals surface area contributed by atoms with E-state index in [1.807, 2.05) is 36.4 Å². The zero-order chi connectivity index (χ0) is 19.2. The minimum Gasteiger partial charge on any atom is -0.494 e. The second-order valence-electron chi connectivity index (χ2n) is 7.48. The number of rotatable bonds is 7. The molecule has 2 rings (SSSR count). The average Bonchev–Trinajstić information content (AvgIpc) is 2.71. The van der Waals surface area contributed by atoms with E-state index in [0.717, 1.165) is 36.7 Å². The quantitative estimate of drug-likeness (QED) is 0.384. The summed E-state index contributed by atoms with van der Waals surface area (Å²) in [6, 6.07) is 7.98. The summed E-state index contributed by atoms with van der Waals surface area (Å²) in [6.07, 6.45) is 15.4. The second-order valence-corrected chi connectivity index (χ2v) is 7.48. The summed E-state index contributed by atoms with van der Waals surface area (Å²) in [5.41, 5.74) is 1.00. The molecular weight excluding hydrogens is 328 g/mol. The van der Waals surface area contributed by atoms with Gasteiger partial charge < -0.3 is 4.74 Å². The highest BCUT2D eigenvalue weighted by molar-refractivity contribution is 5.40. The lowest BCUT2D eigenvalue weighted by molar-refractivity contribution is 0.296. The highest BCUT2D eigenvalue weighted by Gasteiger charge is 2.18. The van der Waals surface area contributed by atoms with Gasteiger partial charge in [0.15, 0.2) is 0 Å². The molecule has 1 fully saturated rings. The monoisotopic (exact) mass is 362 g/mol. The van der Waals surface area contributed by atoms with Crippen LogP contribution in [0.2, 0.25) is 0 Å². The smallest absolute Gasteiger partial charge is 0.119 e. The van der Waals surface area contributed by atoms with Gasteiger partial charge in [-0.3, -0.25) is 0 Å². The van der Waals surface area contributed by atoms with Crippen LogP contribution in [0.5, 0.6) is 5.75 Å². The molecule has 0 spiro atoms. The average molecular weight is 363 g/mol. The van der Waals surface area contributed by atoms with E-state index in [4.69, 9.17) is 4.74 Å². The first-order valence-corrected chi connectivity index (χ1v) is 10.7. The third-order valence-electron chi connectivity index (χ3n) is 5.19. The van der Waals surface area contributed by atoms with Crippen molar-refractivity contribution in [2.24, 2.45) is 11.8 Å². The van der Waals surface area contributed by atoms with Crippen molar-refractivity contribution in [2.45, 2.75) is 71.6 Å². The molecule has 0 heterocycles. The van der Waals surface area contributed by atoms with Crippen LogP contribution in [0.15, 0.2) is 36.4 Å². The fourth-order valence-corrected chi connectivity index (χ4v) is 3.43. The first-order chi connectivity index (χ1) is 13.3. The lowest BCUT2D eigenvalue weighted by Crippen LogP contribution is -2.13. The van der Waals surface area contributed by atoms with E-state index >= 15 is 0 Å². The lowest BCUT2D eigenvalue weighted by atomic mass is 9.80. The van der Waals surface area contributed by atoms with Gasteiger partial charge in [-0.1, -0.05) is 63.2 Å². The Balaban J connectivity index is 1.70. The molecule has 1 heteroatoms. The van der Waals surface area contributed by atoms with Crippen molar-refractivity contribution in [1.29, 1.82) is 0 Å². The Kier molecular flexibility index (Phi) is 10.3. The summed E-state index contributed by atoms with van der Waals surface area (Å²) >= 11 is 0. The molecule has 0 unspecified atom stereocenters. The Morgan fingerprint density at radius 2 is 1.63 bits per heavy atom. The molecule has 0 N–H and O–H groups in total. The lowest BCUT2D eigenvalue weighted by Gasteiger charge is -2.25. The Bertz CT molecular complexity index is 667. The molecular formula is C26H34O. The highest BCUT2D eigenvalue weighted by Crippen LogP contribution is 2.31. The molecule has 0 amide bonds. The molecule has 0 saturated heterocycles. The molecule has 0 atom stereocenters. The number of allylic oxidation sites excluding steroid dienone is 2. The van der Waals surface area contributed by atoms with Crippen LogP contribution in [0.1, 0.15) is 77.2 Å². The normalized spacial score (nSPS) is 19.0. The molecule has 144 valence electrons. The largest absolute Gasteiger partial charge is 0.494 e. The Labute approximate surface area is 166 Å². The van der Waals surface area contributed by atoms with E-state index in [-0.39, 0.29) is 0 Å². The highest BCUT2D eigenvalue weighted by atomic mass is 16.5. The molecule has 1 saturated carbocycles. The maximum absolute atomic E-state index is 5.66. The fourth-order valence-electron chi connectivity index (χ4n) is 3.43. The van der Waals surface area contributed by atoms with Gasteiger partial charge in [0, 0.05) is 11.5 Å². The van der Waals surface area contributed by atoms with Gasteiger partial charge in [0.05, 0.1) is 6.61 Å². The summed E-state index contributed by atoms with van der Waals surface area (Å²) in [4.78, 5) is 0. The van der Waals surface area contributed by atoms with Crippen molar-refractivity contribution >= 4 is 0 Å². The summed E-state index contributed by atoms with van der Waals surface area (Å²) in [5.74, 6) is 15.3. The Morgan fingerprint density at radius 3 is 2.33 bits per heavy atom. The van der Waals surface area contributed by atoms with Crippen LogP contribution < -0.4 is 4.74 Å². The standard InChI is InChI=1S/C26H34O/c1-3-5-11-23-14-16-24(17-15-23)12-9-7-8-10-13-25-18-20-26(21-19-25)27-22-6-4-2/h7-8,18-21,23-24H,3-6,11,14-17,22H2,1-2H3/b8-7+/t23-,24-. The van der Waals surface area contributed by atoms with Gasteiger partial charge in [0.2, 0.25) is 0 Å². The summed E-state index contributed by atoms with van der Waals surface area (Å²) in [7, 11) is 0. The van der Waals surface area contributed by atoms with Crippen LogP contribution in [0.4, 0.5) is 0 Å². The number of hydrogen-bond acceptors (Lipinski definition) is 1. The van der Waals surface area contributed by atoms with E-state index in [0.29, 0.717) is 5.92 Å². The fraction of sp³-hybridized carbons (Fsp3) is 0.538. The molecule has 1 aliphatic carbocycles. The topological polar surface area (TPSA) is 9.23 Å². The van der Waals surface area contributed by atoms with Crippen molar-refractivity contribution in [3.05, 3.63) is 42.0 Å². The van der Waals surface area contributed by atoms with E-state index < -0.39 is 0 Å². The maximum atomic E-state index is 5.66. The zero-order valence-electron chi connectivity index (χ0n) is 17.1. The number of hydrogen-bond donors (Lipinski definition) is 0. The minimum atomic E-state index is 0.584. The van der Waals surface area contributed by atoms with Crippen LogP contribution in [0.25, 0.3) is 0 Å².